The van der Waals surface area contributed by atoms with Crippen molar-refractivity contribution >= 4 is 0 Å². The van der Waals surface area contributed by atoms with Crippen LogP contribution in [0.3, 0.4) is 0 Å². The summed E-state index contributed by atoms with van der Waals surface area (Å²) in [4.78, 5) is 0. The summed E-state index contributed by atoms with van der Waals surface area (Å²) < 4.78 is 0. The van der Waals surface area contributed by atoms with E-state index in [1.807, 2.05) is 6.08 Å². The van der Waals surface area contributed by atoms with Crippen LogP contribution < -0.4 is 0 Å². The molecule has 0 aromatic carbocycles. The van der Waals surface area contributed by atoms with Crippen LogP contribution in [0.15, 0.2) is 59.3 Å². The summed E-state index contributed by atoms with van der Waals surface area (Å²) in [6.07, 6.45) is 16.9. The van der Waals surface area contributed by atoms with Crippen LogP contribution in [-0.2, 0) is 0 Å². The SMILES string of the molecule is C=C/C(C)=C/C/C=C(\C)CC/C=C(\C)CCC=C(C)C. The van der Waals surface area contributed by atoms with Crippen LogP contribution in [0.5, 0.6) is 0 Å². The zero-order valence-electron chi connectivity index (χ0n) is 14.1. The van der Waals surface area contributed by atoms with Gasteiger partial charge in [0.2, 0.25) is 0 Å². The smallest absolute Gasteiger partial charge is 0.0161 e. The first-order chi connectivity index (χ1) is 9.45. The van der Waals surface area contributed by atoms with Crippen LogP contribution in [0.2, 0.25) is 0 Å². The van der Waals surface area contributed by atoms with E-state index in [2.05, 4.69) is 65.5 Å². The average Bonchev–Trinajstić information content (AvgIpc) is 2.38. The molecule has 112 valence electrons. The number of rotatable bonds is 9. The van der Waals surface area contributed by atoms with Crippen molar-refractivity contribution in [3.8, 4) is 0 Å². The fourth-order valence-corrected chi connectivity index (χ4v) is 1.87. The molecule has 0 aliphatic heterocycles. The van der Waals surface area contributed by atoms with Crippen molar-refractivity contribution in [3.05, 3.63) is 59.3 Å². The Morgan fingerprint density at radius 2 is 1.30 bits per heavy atom. The lowest BCUT2D eigenvalue weighted by molar-refractivity contribution is 0.915. The van der Waals surface area contributed by atoms with E-state index in [4.69, 9.17) is 0 Å². The van der Waals surface area contributed by atoms with E-state index >= 15 is 0 Å². The van der Waals surface area contributed by atoms with Crippen LogP contribution in [-0.4, -0.2) is 0 Å². The maximum absolute atomic E-state index is 3.76. The molecule has 0 unspecified atom stereocenters. The summed E-state index contributed by atoms with van der Waals surface area (Å²) in [6, 6.07) is 0. The molecule has 0 aliphatic rings. The van der Waals surface area contributed by atoms with E-state index in [1.54, 1.807) is 0 Å². The Morgan fingerprint density at radius 3 is 1.85 bits per heavy atom. The van der Waals surface area contributed by atoms with Crippen LogP contribution in [0.25, 0.3) is 0 Å². The van der Waals surface area contributed by atoms with Crippen molar-refractivity contribution in [2.45, 2.75) is 66.7 Å². The molecule has 0 saturated heterocycles. The number of hydrogen-bond acceptors (Lipinski definition) is 0. The number of allylic oxidation sites excluding steroid dienone is 9. The maximum atomic E-state index is 3.76. The minimum Gasteiger partial charge on any atom is -0.0988 e. The molecular weight excluding hydrogens is 240 g/mol. The van der Waals surface area contributed by atoms with Gasteiger partial charge in [-0.2, -0.15) is 0 Å². The Morgan fingerprint density at radius 1 is 0.750 bits per heavy atom. The summed E-state index contributed by atoms with van der Waals surface area (Å²) in [5.41, 5.74) is 5.66. The van der Waals surface area contributed by atoms with E-state index in [9.17, 15) is 0 Å². The molecule has 0 aliphatic carbocycles. The van der Waals surface area contributed by atoms with Crippen molar-refractivity contribution in [2.75, 3.05) is 0 Å². The van der Waals surface area contributed by atoms with Gasteiger partial charge in [-0.1, -0.05) is 59.3 Å². The van der Waals surface area contributed by atoms with E-state index in [0.717, 1.165) is 12.8 Å². The second-order valence-electron chi connectivity index (χ2n) is 5.85. The molecule has 0 fully saturated rings. The lowest BCUT2D eigenvalue weighted by atomic mass is 10.1. The molecule has 0 N–H and O–H groups in total. The molecule has 0 spiro atoms. The van der Waals surface area contributed by atoms with Gasteiger partial charge in [0.15, 0.2) is 0 Å². The fraction of sp³-hybridized carbons (Fsp3) is 0.500. The Hall–Kier alpha value is -1.30. The van der Waals surface area contributed by atoms with Crippen molar-refractivity contribution in [1.82, 2.24) is 0 Å². The van der Waals surface area contributed by atoms with E-state index < -0.39 is 0 Å². The molecule has 0 bridgehead atoms. The van der Waals surface area contributed by atoms with Gasteiger partial charge in [-0.15, -0.1) is 0 Å². The molecule has 0 heteroatoms. The summed E-state index contributed by atoms with van der Waals surface area (Å²) in [6.45, 7) is 14.6. The zero-order chi connectivity index (χ0) is 15.4. The summed E-state index contributed by atoms with van der Waals surface area (Å²) >= 11 is 0. The third-order valence-corrected chi connectivity index (χ3v) is 3.35. The lowest BCUT2D eigenvalue weighted by Gasteiger charge is -2.01. The second-order valence-corrected chi connectivity index (χ2v) is 5.85. The predicted octanol–water partition coefficient (Wildman–Crippen LogP) is 6.93. The normalized spacial score (nSPS) is 13.3. The summed E-state index contributed by atoms with van der Waals surface area (Å²) in [5.74, 6) is 0. The summed E-state index contributed by atoms with van der Waals surface area (Å²) in [5, 5.41) is 0. The zero-order valence-corrected chi connectivity index (χ0v) is 14.1. The van der Waals surface area contributed by atoms with Crippen molar-refractivity contribution in [3.63, 3.8) is 0 Å². The van der Waals surface area contributed by atoms with Gasteiger partial charge in [0.1, 0.15) is 0 Å². The second kappa shape index (κ2) is 11.5. The highest BCUT2D eigenvalue weighted by Gasteiger charge is 1.91. The Labute approximate surface area is 126 Å². The predicted molar refractivity (Wildman–Crippen MR) is 94.0 cm³/mol. The van der Waals surface area contributed by atoms with Gasteiger partial charge in [0.05, 0.1) is 0 Å². The fourth-order valence-electron chi connectivity index (χ4n) is 1.87. The molecule has 0 aromatic rings. The molecule has 0 amide bonds. The first-order valence-electron chi connectivity index (χ1n) is 7.69. The quantitative estimate of drug-likeness (QED) is 0.315. The molecule has 0 rings (SSSR count). The van der Waals surface area contributed by atoms with Gasteiger partial charge < -0.3 is 0 Å². The standard InChI is InChI=1S/C20H32/c1-7-18(4)12-9-14-20(6)16-10-15-19(5)13-8-11-17(2)3/h7,11-12,14-15H,1,8-10,13,16H2,2-6H3/b18-12+,19-15+,20-14+. The molecule has 0 atom stereocenters. The first-order valence-corrected chi connectivity index (χ1v) is 7.69. The van der Waals surface area contributed by atoms with Crippen LogP contribution >= 0.6 is 0 Å². The van der Waals surface area contributed by atoms with Crippen molar-refractivity contribution in [2.24, 2.45) is 0 Å². The minimum atomic E-state index is 1.02. The monoisotopic (exact) mass is 272 g/mol. The van der Waals surface area contributed by atoms with E-state index in [-0.39, 0.29) is 0 Å². The molecule has 0 radical (unpaired) electrons. The van der Waals surface area contributed by atoms with Crippen LogP contribution in [0.4, 0.5) is 0 Å². The maximum Gasteiger partial charge on any atom is -0.0161 e. The van der Waals surface area contributed by atoms with E-state index in [1.165, 1.54) is 41.6 Å². The topological polar surface area (TPSA) is 0 Å². The Balaban J connectivity index is 3.99. The molecule has 0 heterocycles. The Bertz CT molecular complexity index is 396. The molecule has 0 nitrogen and oxygen atoms in total. The minimum absolute atomic E-state index is 1.02. The van der Waals surface area contributed by atoms with Gasteiger partial charge in [0.25, 0.3) is 0 Å². The van der Waals surface area contributed by atoms with E-state index in [0.29, 0.717) is 0 Å². The van der Waals surface area contributed by atoms with Crippen molar-refractivity contribution in [1.29, 1.82) is 0 Å². The largest absolute Gasteiger partial charge is 0.0988 e. The highest BCUT2D eigenvalue weighted by Crippen LogP contribution is 2.12. The molecule has 0 saturated carbocycles. The van der Waals surface area contributed by atoms with Gasteiger partial charge in [-0.3, -0.25) is 0 Å². The van der Waals surface area contributed by atoms with Crippen LogP contribution in [0.1, 0.15) is 66.7 Å². The summed E-state index contributed by atoms with van der Waals surface area (Å²) in [7, 11) is 0. The highest BCUT2D eigenvalue weighted by atomic mass is 14.0. The van der Waals surface area contributed by atoms with Crippen molar-refractivity contribution < 1.29 is 0 Å². The van der Waals surface area contributed by atoms with Gasteiger partial charge in [-0.05, 0) is 66.7 Å². The lowest BCUT2D eigenvalue weighted by Crippen LogP contribution is -1.80. The highest BCUT2D eigenvalue weighted by molar-refractivity contribution is 5.15. The third-order valence-electron chi connectivity index (χ3n) is 3.35. The third kappa shape index (κ3) is 11.8. The first kappa shape index (κ1) is 18.7. The van der Waals surface area contributed by atoms with Crippen LogP contribution in [0, 0.1) is 0 Å². The average molecular weight is 272 g/mol. The molecular formula is C20H32. The van der Waals surface area contributed by atoms with Gasteiger partial charge >= 0.3 is 0 Å². The van der Waals surface area contributed by atoms with Gasteiger partial charge in [-0.25, -0.2) is 0 Å². The Kier molecular flexibility index (Phi) is 10.8. The number of hydrogen-bond donors (Lipinski definition) is 0. The molecule has 20 heavy (non-hydrogen) atoms. The van der Waals surface area contributed by atoms with Gasteiger partial charge in [0, 0.05) is 0 Å². The molecule has 0 aromatic heterocycles.